The van der Waals surface area contributed by atoms with Gasteiger partial charge in [0.25, 0.3) is 0 Å². The summed E-state index contributed by atoms with van der Waals surface area (Å²) in [4.78, 5) is 12.0. The zero-order chi connectivity index (χ0) is 18.5. The lowest BCUT2D eigenvalue weighted by Gasteiger charge is -2.26. The van der Waals surface area contributed by atoms with Crippen LogP contribution in [0.25, 0.3) is 0 Å². The molecule has 0 amide bonds. The zero-order valence-electron chi connectivity index (χ0n) is 15.1. The number of hydrogen-bond donors (Lipinski definition) is 2. The van der Waals surface area contributed by atoms with E-state index in [9.17, 15) is 15.0 Å². The van der Waals surface area contributed by atoms with E-state index in [1.807, 2.05) is 0 Å². The summed E-state index contributed by atoms with van der Waals surface area (Å²) in [6.45, 7) is 5.01. The molecule has 5 heteroatoms. The molecular weight excluding hydrogens is 320 g/mol. The lowest BCUT2D eigenvalue weighted by Crippen LogP contribution is -2.44. The largest absolute Gasteiger partial charge is 0.428 e. The maximum absolute atomic E-state index is 12.0. The molecule has 25 heavy (non-hydrogen) atoms. The Labute approximate surface area is 150 Å². The van der Waals surface area contributed by atoms with E-state index >= 15 is 0 Å². The van der Waals surface area contributed by atoms with Crippen molar-refractivity contribution in [1.82, 2.24) is 0 Å². The van der Waals surface area contributed by atoms with E-state index in [4.69, 9.17) is 9.47 Å². The molecule has 0 saturated carbocycles. The first kappa shape index (κ1) is 21.2. The number of carbonyl (C=O) groups is 1. The average molecular weight is 350 g/mol. The minimum absolute atomic E-state index is 0.261. The molecule has 1 unspecified atom stereocenters. The van der Waals surface area contributed by atoms with Crippen molar-refractivity contribution < 1.29 is 24.5 Å². The Morgan fingerprint density at radius 3 is 2.28 bits per heavy atom. The standard InChI is InChI=1S/C20H30O5/c1-3-4-5-6-7-8-10-13-17(2)19(22)25-20(23,16-21)24-18-14-11-9-12-15-18/h9,11-12,14-15,21,23H,2-8,10,13,16H2,1H3. The number of rotatable bonds is 13. The molecule has 5 nitrogen and oxygen atoms in total. The van der Waals surface area contributed by atoms with Gasteiger partial charge in [-0.05, 0) is 25.0 Å². The molecule has 0 bridgehead atoms. The van der Waals surface area contributed by atoms with Gasteiger partial charge in [0.05, 0.1) is 0 Å². The molecule has 1 atom stereocenters. The van der Waals surface area contributed by atoms with Crippen LogP contribution in [0.4, 0.5) is 0 Å². The Morgan fingerprint density at radius 2 is 1.68 bits per heavy atom. The van der Waals surface area contributed by atoms with Gasteiger partial charge in [-0.1, -0.05) is 70.2 Å². The van der Waals surface area contributed by atoms with Gasteiger partial charge >= 0.3 is 11.9 Å². The number of aliphatic hydroxyl groups excluding tert-OH is 1. The molecule has 0 aliphatic heterocycles. The van der Waals surface area contributed by atoms with Crippen LogP contribution in [0.2, 0.25) is 0 Å². The number of aliphatic hydroxyl groups is 2. The van der Waals surface area contributed by atoms with Crippen molar-refractivity contribution in [3.05, 3.63) is 42.5 Å². The quantitative estimate of drug-likeness (QED) is 0.244. The Morgan fingerprint density at radius 1 is 1.08 bits per heavy atom. The first-order valence-corrected chi connectivity index (χ1v) is 8.99. The van der Waals surface area contributed by atoms with Crippen molar-refractivity contribution in [1.29, 1.82) is 0 Å². The van der Waals surface area contributed by atoms with Crippen molar-refractivity contribution >= 4 is 5.97 Å². The first-order chi connectivity index (χ1) is 12.0. The molecule has 0 saturated heterocycles. The molecule has 0 heterocycles. The van der Waals surface area contributed by atoms with Gasteiger partial charge in [0, 0.05) is 5.57 Å². The summed E-state index contributed by atoms with van der Waals surface area (Å²) < 4.78 is 10.1. The highest BCUT2D eigenvalue weighted by molar-refractivity contribution is 5.87. The van der Waals surface area contributed by atoms with E-state index in [0.29, 0.717) is 6.42 Å². The van der Waals surface area contributed by atoms with Crippen LogP contribution in [0.3, 0.4) is 0 Å². The minimum Gasteiger partial charge on any atom is -0.428 e. The predicted octanol–water partition coefficient (Wildman–Crippen LogP) is 3.94. The third-order valence-electron chi connectivity index (χ3n) is 3.84. The molecule has 1 rings (SSSR count). The molecule has 0 spiro atoms. The Bertz CT molecular complexity index is 514. The van der Waals surface area contributed by atoms with Gasteiger partial charge < -0.3 is 19.7 Å². The Balaban J connectivity index is 2.35. The molecule has 0 aliphatic carbocycles. The maximum Gasteiger partial charge on any atom is 0.396 e. The van der Waals surface area contributed by atoms with Crippen molar-refractivity contribution in [3.8, 4) is 5.75 Å². The second kappa shape index (κ2) is 11.7. The lowest BCUT2D eigenvalue weighted by molar-refractivity contribution is -0.314. The fourth-order valence-corrected chi connectivity index (χ4v) is 2.37. The van der Waals surface area contributed by atoms with Gasteiger partial charge in [-0.25, -0.2) is 4.79 Å². The van der Waals surface area contributed by atoms with Gasteiger partial charge in [-0.2, -0.15) is 0 Å². The van der Waals surface area contributed by atoms with Gasteiger partial charge in [-0.15, -0.1) is 0 Å². The third-order valence-corrected chi connectivity index (χ3v) is 3.84. The highest BCUT2D eigenvalue weighted by Crippen LogP contribution is 2.20. The number of unbranched alkanes of at least 4 members (excludes halogenated alkanes) is 6. The van der Waals surface area contributed by atoms with Gasteiger partial charge in [0.2, 0.25) is 0 Å². The Hall–Kier alpha value is -1.85. The predicted molar refractivity (Wildman–Crippen MR) is 96.9 cm³/mol. The third kappa shape index (κ3) is 8.70. The van der Waals surface area contributed by atoms with Crippen LogP contribution in [-0.4, -0.2) is 28.8 Å². The lowest BCUT2D eigenvalue weighted by atomic mass is 10.1. The van der Waals surface area contributed by atoms with Crippen molar-refractivity contribution in [2.24, 2.45) is 0 Å². The number of benzene rings is 1. The fraction of sp³-hybridized carbons (Fsp3) is 0.550. The van der Waals surface area contributed by atoms with Crippen LogP contribution in [0.15, 0.2) is 42.5 Å². The van der Waals surface area contributed by atoms with E-state index in [0.717, 1.165) is 19.3 Å². The normalized spacial score (nSPS) is 13.1. The van der Waals surface area contributed by atoms with E-state index in [1.54, 1.807) is 30.3 Å². The Kier molecular flexibility index (Phi) is 9.88. The van der Waals surface area contributed by atoms with Crippen molar-refractivity contribution in [2.75, 3.05) is 6.61 Å². The van der Waals surface area contributed by atoms with Crippen LogP contribution in [0, 0.1) is 0 Å². The number of esters is 1. The number of para-hydroxylation sites is 1. The molecule has 140 valence electrons. The topological polar surface area (TPSA) is 76.0 Å². The zero-order valence-corrected chi connectivity index (χ0v) is 15.1. The van der Waals surface area contributed by atoms with Crippen LogP contribution in [-0.2, 0) is 9.53 Å². The van der Waals surface area contributed by atoms with Gasteiger partial charge in [0.15, 0.2) is 0 Å². The maximum atomic E-state index is 12.0. The number of carbonyl (C=O) groups excluding carboxylic acids is 1. The highest BCUT2D eigenvalue weighted by Gasteiger charge is 2.34. The van der Waals surface area contributed by atoms with Crippen molar-refractivity contribution in [2.45, 2.75) is 64.3 Å². The molecular formula is C20H30O5. The molecule has 1 aromatic carbocycles. The summed E-state index contributed by atoms with van der Waals surface area (Å²) >= 11 is 0. The molecule has 1 aromatic rings. The smallest absolute Gasteiger partial charge is 0.396 e. The van der Waals surface area contributed by atoms with Crippen molar-refractivity contribution in [3.63, 3.8) is 0 Å². The molecule has 0 aliphatic rings. The molecule has 0 radical (unpaired) electrons. The SMILES string of the molecule is C=C(CCCCCCCCC)C(=O)OC(O)(CO)Oc1ccccc1. The minimum atomic E-state index is -2.42. The fourth-order valence-electron chi connectivity index (χ4n) is 2.37. The van der Waals surface area contributed by atoms with E-state index in [2.05, 4.69) is 13.5 Å². The van der Waals surface area contributed by atoms with E-state index in [-0.39, 0.29) is 11.3 Å². The van der Waals surface area contributed by atoms with Crippen LogP contribution in [0.5, 0.6) is 5.75 Å². The second-order valence-corrected chi connectivity index (χ2v) is 6.15. The molecule has 0 fully saturated rings. The summed E-state index contributed by atoms with van der Waals surface area (Å²) in [6.07, 6.45) is 8.46. The monoisotopic (exact) mass is 350 g/mol. The summed E-state index contributed by atoms with van der Waals surface area (Å²) in [5.41, 5.74) is 0.261. The van der Waals surface area contributed by atoms with Gasteiger partial charge in [0.1, 0.15) is 12.4 Å². The van der Waals surface area contributed by atoms with Crippen LogP contribution >= 0.6 is 0 Å². The number of hydrogen-bond acceptors (Lipinski definition) is 5. The molecule has 0 aromatic heterocycles. The summed E-state index contributed by atoms with van der Waals surface area (Å²) in [6, 6.07) is 8.35. The van der Waals surface area contributed by atoms with E-state index in [1.165, 1.54) is 25.7 Å². The average Bonchev–Trinajstić information content (AvgIpc) is 2.61. The summed E-state index contributed by atoms with van der Waals surface area (Å²) in [5.74, 6) is -2.90. The summed E-state index contributed by atoms with van der Waals surface area (Å²) in [7, 11) is 0. The highest BCUT2D eigenvalue weighted by atomic mass is 16.8. The second-order valence-electron chi connectivity index (χ2n) is 6.15. The molecule has 2 N–H and O–H groups in total. The van der Waals surface area contributed by atoms with E-state index < -0.39 is 18.5 Å². The van der Waals surface area contributed by atoms with Crippen LogP contribution < -0.4 is 4.74 Å². The first-order valence-electron chi connectivity index (χ1n) is 8.99. The van der Waals surface area contributed by atoms with Gasteiger partial charge in [-0.3, -0.25) is 0 Å². The van der Waals surface area contributed by atoms with Crippen LogP contribution in [0.1, 0.15) is 58.3 Å². The summed E-state index contributed by atoms with van der Waals surface area (Å²) in [5, 5.41) is 19.4. The number of ether oxygens (including phenoxy) is 2.